The number of carbonyl (C=O) groups excluding carboxylic acids is 1. The van der Waals surface area contributed by atoms with Gasteiger partial charge in [0.05, 0.1) is 12.9 Å². The standard InChI is InChI=1S/C14H16ClN3O2/c1-4-20-14(19)13-12(16-8-18(2)3)10-7-9(15)5-6-11(10)17-13/h5-8,17H,4H2,1-3H3/b16-8+. The Morgan fingerprint density at radius 3 is 2.90 bits per heavy atom. The molecule has 0 fully saturated rings. The molecule has 2 rings (SSSR count). The SMILES string of the molecule is CCOC(=O)c1[nH]c2ccc(Cl)cc2c1/N=C/N(C)C. The van der Waals surface area contributed by atoms with Crippen molar-refractivity contribution in [1.29, 1.82) is 0 Å². The Morgan fingerprint density at radius 2 is 2.25 bits per heavy atom. The number of aliphatic imine (C=N–C) groups is 1. The number of fused-ring (bicyclic) bond motifs is 1. The summed E-state index contributed by atoms with van der Waals surface area (Å²) in [5.41, 5.74) is 1.67. The molecule has 0 saturated heterocycles. The molecule has 5 nitrogen and oxygen atoms in total. The molecule has 106 valence electrons. The third-order valence-corrected chi connectivity index (χ3v) is 2.87. The van der Waals surface area contributed by atoms with Gasteiger partial charge in [-0.25, -0.2) is 9.79 Å². The minimum Gasteiger partial charge on any atom is -0.461 e. The van der Waals surface area contributed by atoms with Crippen LogP contribution in [0.25, 0.3) is 10.9 Å². The highest BCUT2D eigenvalue weighted by atomic mass is 35.5. The molecule has 1 aromatic carbocycles. The Labute approximate surface area is 122 Å². The summed E-state index contributed by atoms with van der Waals surface area (Å²) in [4.78, 5) is 21.2. The van der Waals surface area contributed by atoms with Crippen molar-refractivity contribution < 1.29 is 9.53 Å². The Morgan fingerprint density at radius 1 is 1.50 bits per heavy atom. The van der Waals surface area contributed by atoms with Crippen molar-refractivity contribution in [1.82, 2.24) is 9.88 Å². The zero-order valence-electron chi connectivity index (χ0n) is 11.6. The Bertz CT molecular complexity index is 662. The molecule has 1 heterocycles. The van der Waals surface area contributed by atoms with Crippen LogP contribution < -0.4 is 0 Å². The Balaban J connectivity index is 2.60. The summed E-state index contributed by atoms with van der Waals surface area (Å²) in [6.07, 6.45) is 1.63. The number of rotatable bonds is 4. The van der Waals surface area contributed by atoms with E-state index < -0.39 is 5.97 Å². The second-order valence-corrected chi connectivity index (χ2v) is 4.90. The number of benzene rings is 1. The molecule has 2 aromatic rings. The van der Waals surface area contributed by atoms with E-state index in [9.17, 15) is 4.79 Å². The number of aromatic amines is 1. The zero-order chi connectivity index (χ0) is 14.7. The maximum Gasteiger partial charge on any atom is 0.357 e. The van der Waals surface area contributed by atoms with Gasteiger partial charge in [0.15, 0.2) is 5.69 Å². The van der Waals surface area contributed by atoms with Gasteiger partial charge in [-0.3, -0.25) is 0 Å². The van der Waals surface area contributed by atoms with Crippen molar-refractivity contribution in [3.63, 3.8) is 0 Å². The van der Waals surface area contributed by atoms with Crippen LogP contribution in [0.3, 0.4) is 0 Å². The number of hydrogen-bond acceptors (Lipinski definition) is 3. The van der Waals surface area contributed by atoms with E-state index in [1.165, 1.54) is 0 Å². The predicted molar refractivity (Wildman–Crippen MR) is 81.1 cm³/mol. The highest BCUT2D eigenvalue weighted by molar-refractivity contribution is 6.31. The summed E-state index contributed by atoms with van der Waals surface area (Å²) >= 11 is 6.01. The first-order valence-electron chi connectivity index (χ1n) is 6.22. The summed E-state index contributed by atoms with van der Waals surface area (Å²) in [5, 5.41) is 1.38. The van der Waals surface area contributed by atoms with Crippen LogP contribution in [0.1, 0.15) is 17.4 Å². The lowest BCUT2D eigenvalue weighted by molar-refractivity contribution is 0.0521. The molecule has 0 aliphatic carbocycles. The normalized spacial score (nSPS) is 11.2. The first-order chi connectivity index (χ1) is 9.52. The van der Waals surface area contributed by atoms with E-state index in [0.717, 1.165) is 10.9 Å². The number of hydrogen-bond donors (Lipinski definition) is 1. The van der Waals surface area contributed by atoms with Gasteiger partial charge < -0.3 is 14.6 Å². The smallest absolute Gasteiger partial charge is 0.357 e. The van der Waals surface area contributed by atoms with Crippen molar-refractivity contribution in [3.8, 4) is 0 Å². The van der Waals surface area contributed by atoms with E-state index >= 15 is 0 Å². The van der Waals surface area contributed by atoms with Crippen LogP contribution in [0, 0.1) is 0 Å². The van der Waals surface area contributed by atoms with E-state index in [-0.39, 0.29) is 0 Å². The molecule has 0 aliphatic heterocycles. The van der Waals surface area contributed by atoms with E-state index in [2.05, 4.69) is 9.98 Å². The molecular formula is C14H16ClN3O2. The van der Waals surface area contributed by atoms with Crippen molar-refractivity contribution in [2.45, 2.75) is 6.92 Å². The molecular weight excluding hydrogens is 278 g/mol. The van der Waals surface area contributed by atoms with Crippen LogP contribution in [-0.4, -0.2) is 42.9 Å². The zero-order valence-corrected chi connectivity index (χ0v) is 12.4. The molecule has 0 amide bonds. The second-order valence-electron chi connectivity index (χ2n) is 4.47. The third-order valence-electron chi connectivity index (χ3n) is 2.63. The average Bonchev–Trinajstić information content (AvgIpc) is 2.74. The van der Waals surface area contributed by atoms with Gasteiger partial charge >= 0.3 is 5.97 Å². The molecule has 0 unspecified atom stereocenters. The molecule has 0 bridgehead atoms. The van der Waals surface area contributed by atoms with Crippen LogP contribution in [0.5, 0.6) is 0 Å². The summed E-state index contributed by atoms with van der Waals surface area (Å²) in [7, 11) is 3.71. The third kappa shape index (κ3) is 2.93. The molecule has 20 heavy (non-hydrogen) atoms. The molecule has 1 N–H and O–H groups in total. The van der Waals surface area contributed by atoms with Crippen molar-refractivity contribution >= 4 is 40.5 Å². The maximum absolute atomic E-state index is 12.0. The minimum atomic E-state index is -0.425. The lowest BCUT2D eigenvalue weighted by atomic mass is 10.2. The monoisotopic (exact) mass is 293 g/mol. The highest BCUT2D eigenvalue weighted by Crippen LogP contribution is 2.32. The van der Waals surface area contributed by atoms with Crippen LogP contribution in [0.15, 0.2) is 23.2 Å². The van der Waals surface area contributed by atoms with Crippen molar-refractivity contribution in [3.05, 3.63) is 28.9 Å². The average molecular weight is 294 g/mol. The van der Waals surface area contributed by atoms with Gasteiger partial charge in [0.25, 0.3) is 0 Å². The number of nitrogens with zero attached hydrogens (tertiary/aromatic N) is 2. The number of aromatic nitrogens is 1. The predicted octanol–water partition coefficient (Wildman–Crippen LogP) is 3.22. The van der Waals surface area contributed by atoms with Crippen LogP contribution in [0.4, 0.5) is 5.69 Å². The Kier molecular flexibility index (Phi) is 4.29. The van der Waals surface area contributed by atoms with Crippen LogP contribution >= 0.6 is 11.6 Å². The van der Waals surface area contributed by atoms with Crippen molar-refractivity contribution in [2.75, 3.05) is 20.7 Å². The lowest BCUT2D eigenvalue weighted by Gasteiger charge is -2.04. The first-order valence-corrected chi connectivity index (χ1v) is 6.59. The first kappa shape index (κ1) is 14.4. The fraction of sp³-hybridized carbons (Fsp3) is 0.286. The molecule has 6 heteroatoms. The summed E-state index contributed by atoms with van der Waals surface area (Å²) in [6, 6.07) is 5.35. The van der Waals surface area contributed by atoms with Gasteiger partial charge in [-0.2, -0.15) is 0 Å². The molecule has 1 aromatic heterocycles. The second kappa shape index (κ2) is 5.96. The summed E-state index contributed by atoms with van der Waals surface area (Å²) < 4.78 is 5.04. The lowest BCUT2D eigenvalue weighted by Crippen LogP contribution is -2.08. The molecule has 0 aliphatic rings. The summed E-state index contributed by atoms with van der Waals surface area (Å²) in [5.74, 6) is -0.425. The fourth-order valence-electron chi connectivity index (χ4n) is 1.81. The van der Waals surface area contributed by atoms with Gasteiger partial charge in [-0.1, -0.05) is 11.6 Å². The van der Waals surface area contributed by atoms with E-state index in [1.807, 2.05) is 20.2 Å². The number of esters is 1. The molecule has 0 saturated carbocycles. The topological polar surface area (TPSA) is 57.7 Å². The number of H-pyrrole nitrogens is 1. The largest absolute Gasteiger partial charge is 0.461 e. The maximum atomic E-state index is 12.0. The van der Waals surface area contributed by atoms with Gasteiger partial charge in [-0.05, 0) is 25.1 Å². The fourth-order valence-corrected chi connectivity index (χ4v) is 1.98. The van der Waals surface area contributed by atoms with E-state index in [4.69, 9.17) is 16.3 Å². The van der Waals surface area contributed by atoms with Crippen LogP contribution in [-0.2, 0) is 4.74 Å². The number of halogens is 1. The number of ether oxygens (including phenoxy) is 1. The molecule has 0 radical (unpaired) electrons. The quantitative estimate of drug-likeness (QED) is 0.535. The van der Waals surface area contributed by atoms with E-state index in [0.29, 0.717) is 23.0 Å². The van der Waals surface area contributed by atoms with Gasteiger partial charge in [0.2, 0.25) is 0 Å². The highest BCUT2D eigenvalue weighted by Gasteiger charge is 2.18. The van der Waals surface area contributed by atoms with Crippen LogP contribution in [0.2, 0.25) is 5.02 Å². The Hall–Kier alpha value is -2.01. The molecule has 0 atom stereocenters. The number of carbonyl (C=O) groups is 1. The van der Waals surface area contributed by atoms with Gasteiger partial charge in [0, 0.05) is 30.0 Å². The summed E-state index contributed by atoms with van der Waals surface area (Å²) in [6.45, 7) is 2.08. The number of nitrogens with one attached hydrogen (secondary N) is 1. The minimum absolute atomic E-state index is 0.311. The molecule has 0 spiro atoms. The van der Waals surface area contributed by atoms with Gasteiger partial charge in [0.1, 0.15) is 5.69 Å². The van der Waals surface area contributed by atoms with Crippen molar-refractivity contribution in [2.24, 2.45) is 4.99 Å². The van der Waals surface area contributed by atoms with Gasteiger partial charge in [-0.15, -0.1) is 0 Å². The van der Waals surface area contributed by atoms with E-state index in [1.54, 1.807) is 30.3 Å².